The van der Waals surface area contributed by atoms with Crippen LogP contribution in [-0.2, 0) is 17.9 Å². The lowest BCUT2D eigenvalue weighted by Crippen LogP contribution is -2.22. The number of carbonyl (C=O) groups excluding carboxylic acids is 3. The lowest BCUT2D eigenvalue weighted by Gasteiger charge is -2.08. The second-order valence-corrected chi connectivity index (χ2v) is 6.61. The third-order valence-corrected chi connectivity index (χ3v) is 4.57. The van der Waals surface area contributed by atoms with Gasteiger partial charge in [-0.05, 0) is 29.8 Å². The predicted octanol–water partition coefficient (Wildman–Crippen LogP) is 1.61. The molecule has 0 aliphatic rings. The van der Waals surface area contributed by atoms with Crippen LogP contribution in [0.4, 0.5) is 5.69 Å². The Morgan fingerprint density at radius 1 is 1.19 bits per heavy atom. The van der Waals surface area contributed by atoms with Crippen LogP contribution in [-0.4, -0.2) is 27.5 Å². The highest BCUT2D eigenvalue weighted by molar-refractivity contribution is 7.12. The molecule has 0 aliphatic heterocycles. The minimum absolute atomic E-state index is 0.120. The van der Waals surface area contributed by atoms with Crippen LogP contribution in [0.2, 0.25) is 0 Å². The second kappa shape index (κ2) is 8.28. The van der Waals surface area contributed by atoms with E-state index in [2.05, 4.69) is 15.7 Å². The molecule has 0 saturated heterocycles. The number of nitrogens with one attached hydrogen (secondary N) is 2. The summed E-state index contributed by atoms with van der Waals surface area (Å²) in [5, 5.41) is 11.1. The number of nitrogens with zero attached hydrogens (tertiary/aromatic N) is 2. The highest BCUT2D eigenvalue weighted by Gasteiger charge is 2.11. The molecular formula is C18H17N5O3S. The molecule has 1 aromatic carbocycles. The molecule has 8 nitrogen and oxygen atoms in total. The topological polar surface area (TPSA) is 119 Å². The first-order chi connectivity index (χ1) is 13.0. The zero-order chi connectivity index (χ0) is 19.2. The van der Waals surface area contributed by atoms with Gasteiger partial charge in [-0.2, -0.15) is 5.10 Å². The standard InChI is InChI=1S/C18H17N5O3S/c19-17(25)13-8-15(27-11-13)18(26)20-9-12-3-1-4-14(7-12)22-16(24)10-23-6-2-5-21-23/h1-8,11H,9-10H2,(H2,19,25)(H,20,26)(H,22,24). The fourth-order valence-electron chi connectivity index (χ4n) is 2.35. The molecule has 3 amide bonds. The lowest BCUT2D eigenvalue weighted by molar-refractivity contribution is -0.116. The first-order valence-corrected chi connectivity index (χ1v) is 8.92. The quantitative estimate of drug-likeness (QED) is 0.574. The van der Waals surface area contributed by atoms with Crippen LogP contribution in [0, 0.1) is 0 Å². The van der Waals surface area contributed by atoms with Crippen LogP contribution in [0.5, 0.6) is 0 Å². The van der Waals surface area contributed by atoms with Crippen LogP contribution >= 0.6 is 11.3 Å². The van der Waals surface area contributed by atoms with Crippen LogP contribution < -0.4 is 16.4 Å². The van der Waals surface area contributed by atoms with Crippen molar-refractivity contribution in [3.05, 3.63) is 70.2 Å². The molecule has 4 N–H and O–H groups in total. The molecule has 0 atom stereocenters. The fraction of sp³-hybridized carbons (Fsp3) is 0.111. The number of benzene rings is 1. The number of nitrogens with two attached hydrogens (primary N) is 1. The van der Waals surface area contributed by atoms with E-state index in [-0.39, 0.29) is 24.9 Å². The molecule has 0 saturated carbocycles. The van der Waals surface area contributed by atoms with Gasteiger partial charge in [0.05, 0.1) is 10.4 Å². The van der Waals surface area contributed by atoms with E-state index in [1.165, 1.54) is 10.7 Å². The van der Waals surface area contributed by atoms with Crippen LogP contribution in [0.3, 0.4) is 0 Å². The molecule has 9 heteroatoms. The SMILES string of the molecule is NC(=O)c1csc(C(=O)NCc2cccc(NC(=O)Cn3cccn3)c2)c1. The average Bonchev–Trinajstić information content (AvgIpc) is 3.31. The number of primary amides is 1. The van der Waals surface area contributed by atoms with E-state index in [4.69, 9.17) is 5.73 Å². The molecule has 0 spiro atoms. The normalized spacial score (nSPS) is 10.4. The zero-order valence-electron chi connectivity index (χ0n) is 14.2. The van der Waals surface area contributed by atoms with Crippen molar-refractivity contribution in [2.24, 2.45) is 5.73 Å². The van der Waals surface area contributed by atoms with Crippen LogP contribution in [0.1, 0.15) is 25.6 Å². The monoisotopic (exact) mass is 383 g/mol. The summed E-state index contributed by atoms with van der Waals surface area (Å²) in [6.45, 7) is 0.403. The van der Waals surface area contributed by atoms with E-state index in [9.17, 15) is 14.4 Å². The average molecular weight is 383 g/mol. The first-order valence-electron chi connectivity index (χ1n) is 8.04. The van der Waals surface area contributed by atoms with E-state index in [1.54, 1.807) is 42.0 Å². The molecule has 0 bridgehead atoms. The largest absolute Gasteiger partial charge is 0.366 e. The number of aromatic nitrogens is 2. The fourth-order valence-corrected chi connectivity index (χ4v) is 3.17. The van der Waals surface area contributed by atoms with E-state index < -0.39 is 5.91 Å². The van der Waals surface area contributed by atoms with Gasteiger partial charge in [-0.3, -0.25) is 19.1 Å². The van der Waals surface area contributed by atoms with Crippen LogP contribution in [0.15, 0.2) is 54.2 Å². The third kappa shape index (κ3) is 5.02. The van der Waals surface area contributed by atoms with Gasteiger partial charge in [-0.25, -0.2) is 0 Å². The lowest BCUT2D eigenvalue weighted by atomic mass is 10.2. The molecule has 3 rings (SSSR count). The Morgan fingerprint density at radius 2 is 2.04 bits per heavy atom. The summed E-state index contributed by atoms with van der Waals surface area (Å²) in [6, 6.07) is 10.4. The van der Waals surface area contributed by atoms with Crippen LogP contribution in [0.25, 0.3) is 0 Å². The molecular weight excluding hydrogens is 366 g/mol. The van der Waals surface area contributed by atoms with Gasteiger partial charge in [0.25, 0.3) is 5.91 Å². The minimum Gasteiger partial charge on any atom is -0.366 e. The maximum absolute atomic E-state index is 12.2. The van der Waals surface area contributed by atoms with Crippen molar-refractivity contribution in [2.45, 2.75) is 13.1 Å². The summed E-state index contributed by atoms with van der Waals surface area (Å²) >= 11 is 1.16. The maximum atomic E-state index is 12.2. The van der Waals surface area contributed by atoms with Crippen molar-refractivity contribution >= 4 is 34.7 Å². The molecule has 2 heterocycles. The smallest absolute Gasteiger partial charge is 0.261 e. The molecule has 0 radical (unpaired) electrons. The maximum Gasteiger partial charge on any atom is 0.261 e. The highest BCUT2D eigenvalue weighted by atomic mass is 32.1. The number of hydrogen-bond donors (Lipinski definition) is 3. The number of anilines is 1. The van der Waals surface area contributed by atoms with Crippen molar-refractivity contribution in [1.29, 1.82) is 0 Å². The summed E-state index contributed by atoms with van der Waals surface area (Å²) in [5.41, 5.74) is 6.96. The van der Waals surface area contributed by atoms with E-state index in [0.29, 0.717) is 16.1 Å². The number of hydrogen-bond acceptors (Lipinski definition) is 5. The molecule has 138 valence electrons. The Morgan fingerprint density at radius 3 is 2.74 bits per heavy atom. The Bertz CT molecular complexity index is 965. The van der Waals surface area contributed by atoms with Crippen molar-refractivity contribution in [3.8, 4) is 0 Å². The number of amides is 3. The highest BCUT2D eigenvalue weighted by Crippen LogP contribution is 2.15. The van der Waals surface area contributed by atoms with E-state index in [0.717, 1.165) is 16.9 Å². The summed E-state index contributed by atoms with van der Waals surface area (Å²) in [4.78, 5) is 35.7. The van der Waals surface area contributed by atoms with Crippen molar-refractivity contribution < 1.29 is 14.4 Å². The zero-order valence-corrected chi connectivity index (χ0v) is 15.0. The molecule has 0 aliphatic carbocycles. The molecule has 2 aromatic heterocycles. The minimum atomic E-state index is -0.566. The Kier molecular flexibility index (Phi) is 5.62. The van der Waals surface area contributed by atoms with Crippen molar-refractivity contribution in [1.82, 2.24) is 15.1 Å². The molecule has 27 heavy (non-hydrogen) atoms. The Labute approximate surface area is 159 Å². The summed E-state index contributed by atoms with van der Waals surface area (Å²) < 4.78 is 1.53. The second-order valence-electron chi connectivity index (χ2n) is 5.70. The van der Waals surface area contributed by atoms with Gasteiger partial charge in [0, 0.05) is 30.0 Å². The molecule has 3 aromatic rings. The number of rotatable bonds is 7. The van der Waals surface area contributed by atoms with Gasteiger partial charge in [-0.1, -0.05) is 12.1 Å². The summed E-state index contributed by atoms with van der Waals surface area (Å²) in [5.74, 6) is -1.05. The Balaban J connectivity index is 1.56. The van der Waals surface area contributed by atoms with Gasteiger partial charge >= 0.3 is 0 Å². The Hall–Kier alpha value is -3.46. The number of thiophene rings is 1. The van der Waals surface area contributed by atoms with Gasteiger partial charge < -0.3 is 16.4 Å². The van der Waals surface area contributed by atoms with Gasteiger partial charge in [0.15, 0.2) is 0 Å². The molecule has 0 fully saturated rings. The van der Waals surface area contributed by atoms with E-state index in [1.807, 2.05) is 6.07 Å². The number of carbonyl (C=O) groups is 3. The van der Waals surface area contributed by atoms with E-state index >= 15 is 0 Å². The summed E-state index contributed by atoms with van der Waals surface area (Å²) in [6.07, 6.45) is 3.32. The summed E-state index contributed by atoms with van der Waals surface area (Å²) in [7, 11) is 0. The first kappa shape index (κ1) is 18.3. The van der Waals surface area contributed by atoms with Crippen molar-refractivity contribution in [2.75, 3.05) is 5.32 Å². The predicted molar refractivity (Wildman–Crippen MR) is 101 cm³/mol. The van der Waals surface area contributed by atoms with Gasteiger partial charge in [0.1, 0.15) is 6.54 Å². The third-order valence-electron chi connectivity index (χ3n) is 3.64. The van der Waals surface area contributed by atoms with Gasteiger partial charge in [-0.15, -0.1) is 11.3 Å². The van der Waals surface area contributed by atoms with Crippen molar-refractivity contribution in [3.63, 3.8) is 0 Å². The molecule has 0 unspecified atom stereocenters. The van der Waals surface area contributed by atoms with Gasteiger partial charge in [0.2, 0.25) is 11.8 Å².